The number of benzene rings is 2. The van der Waals surface area contributed by atoms with E-state index in [0.717, 1.165) is 103 Å². The Kier molecular flexibility index (Phi) is 11.2. The number of nitrogens with zero attached hydrogens (tertiary/aromatic N) is 6. The van der Waals surface area contributed by atoms with Crippen LogP contribution in [0.2, 0.25) is 0 Å². The van der Waals surface area contributed by atoms with Gasteiger partial charge in [0.25, 0.3) is 17.4 Å². The van der Waals surface area contributed by atoms with Gasteiger partial charge >= 0.3 is 6.03 Å². The molecule has 2 aromatic carbocycles. The lowest BCUT2D eigenvalue weighted by Gasteiger charge is -2.36. The maximum atomic E-state index is 13.4. The van der Waals surface area contributed by atoms with Crippen LogP contribution in [0.4, 0.5) is 10.5 Å². The summed E-state index contributed by atoms with van der Waals surface area (Å²) in [6.45, 7) is 7.76. The molecular formula is C43H52N8O8. The van der Waals surface area contributed by atoms with E-state index in [1.807, 2.05) is 24.4 Å². The van der Waals surface area contributed by atoms with Crippen molar-refractivity contribution in [3.05, 3.63) is 74.7 Å². The summed E-state index contributed by atoms with van der Waals surface area (Å²) in [5.41, 5.74) is 5.77. The number of likely N-dealkylation sites (tertiary alicyclic amines) is 1. The highest BCUT2D eigenvalue weighted by Gasteiger charge is 2.45. The number of nitrogens with one attached hydrogen (secondary N) is 2. The fourth-order valence-electron chi connectivity index (χ4n) is 9.44. The number of imide groups is 2. The van der Waals surface area contributed by atoms with Crippen LogP contribution >= 0.6 is 0 Å². The Morgan fingerprint density at radius 3 is 2.25 bits per heavy atom. The average molecular weight is 809 g/mol. The summed E-state index contributed by atoms with van der Waals surface area (Å²) in [5, 5.41) is 4.91. The zero-order valence-electron chi connectivity index (χ0n) is 34.2. The van der Waals surface area contributed by atoms with E-state index in [2.05, 4.69) is 25.3 Å². The van der Waals surface area contributed by atoms with Gasteiger partial charge in [0.1, 0.15) is 17.5 Å². The second kappa shape index (κ2) is 16.5. The van der Waals surface area contributed by atoms with E-state index in [1.165, 1.54) is 0 Å². The van der Waals surface area contributed by atoms with Crippen molar-refractivity contribution in [1.82, 2.24) is 34.8 Å². The maximum absolute atomic E-state index is 13.4. The number of rotatable bonds is 10. The molecule has 2 unspecified atom stereocenters. The highest BCUT2D eigenvalue weighted by atomic mass is 16.5. The van der Waals surface area contributed by atoms with Gasteiger partial charge < -0.3 is 29.2 Å². The number of carbonyl (C=O) groups excluding carboxylic acids is 5. The number of urea groups is 1. The smallest absolute Gasteiger partial charge is 0.317 e. The van der Waals surface area contributed by atoms with Crippen LogP contribution < -0.4 is 30.6 Å². The van der Waals surface area contributed by atoms with Crippen LogP contribution in [0, 0.1) is 5.92 Å². The number of piperidine rings is 1. The van der Waals surface area contributed by atoms with Gasteiger partial charge in [-0.2, -0.15) is 0 Å². The quantitative estimate of drug-likeness (QED) is 0.289. The molecule has 5 aliphatic heterocycles. The van der Waals surface area contributed by atoms with Crippen molar-refractivity contribution in [3.8, 4) is 22.6 Å². The lowest BCUT2D eigenvalue weighted by Crippen LogP contribution is -2.54. The Labute approximate surface area is 343 Å². The fourth-order valence-corrected chi connectivity index (χ4v) is 9.44. The first-order chi connectivity index (χ1) is 28.5. The van der Waals surface area contributed by atoms with Crippen molar-refractivity contribution >= 4 is 35.3 Å². The largest absolute Gasteiger partial charge is 0.496 e. The summed E-state index contributed by atoms with van der Waals surface area (Å²) >= 11 is 0. The SMILES string of the molecule is CNC(=O)N1CCc2c(-c3cc(OC)c(CN4CCC(CCN5CCN(c6ccc7c(c6)C(=O)N(C6CCC(=O)NC6=O)C7=O)CC5)C4)c(OC)c3)cn(C)c(=O)c2C1. The van der Waals surface area contributed by atoms with Gasteiger partial charge in [-0.15, -0.1) is 0 Å². The van der Waals surface area contributed by atoms with E-state index >= 15 is 0 Å². The minimum atomic E-state index is -0.978. The average Bonchev–Trinajstić information content (AvgIpc) is 3.81. The third kappa shape index (κ3) is 7.66. The standard InChI is InChI=1S/C43H52N8O8/c1-44-43(57)50-14-11-29-32(23-46(2)40(54)33(29)25-50)27-19-36(58-3)34(37(20-27)59-4)24-48-13-10-26(22-48)9-12-47-15-17-49(18-16-47)28-5-6-30-31(21-28)42(56)51(41(30)55)35-7-8-38(52)45-39(35)53/h5-6,19-21,23,26,35H,7-18,22,24-25H2,1-4H3,(H,44,57)(H,45,52,53). The van der Waals surface area contributed by atoms with Crippen molar-refractivity contribution in [2.24, 2.45) is 13.0 Å². The van der Waals surface area contributed by atoms with Gasteiger partial charge in [0, 0.05) is 89.3 Å². The normalized spacial score (nSPS) is 21.1. The zero-order chi connectivity index (χ0) is 41.5. The molecule has 0 bridgehead atoms. The van der Waals surface area contributed by atoms with Crippen molar-refractivity contribution in [1.29, 1.82) is 0 Å². The van der Waals surface area contributed by atoms with E-state index in [4.69, 9.17) is 9.47 Å². The molecule has 3 fully saturated rings. The molecule has 3 saturated heterocycles. The van der Waals surface area contributed by atoms with E-state index in [1.54, 1.807) is 49.9 Å². The molecule has 312 valence electrons. The number of fused-ring (bicyclic) bond motifs is 2. The number of aryl methyl sites for hydroxylation is 1. The van der Waals surface area contributed by atoms with Crippen LogP contribution in [0.3, 0.4) is 0 Å². The lowest BCUT2D eigenvalue weighted by molar-refractivity contribution is -0.136. The highest BCUT2D eigenvalue weighted by molar-refractivity contribution is 6.23. The maximum Gasteiger partial charge on any atom is 0.317 e. The summed E-state index contributed by atoms with van der Waals surface area (Å²) < 4.78 is 13.5. The molecule has 5 aliphatic rings. The van der Waals surface area contributed by atoms with Crippen LogP contribution in [-0.4, -0.2) is 133 Å². The molecule has 0 spiro atoms. The van der Waals surface area contributed by atoms with Crippen LogP contribution in [0.25, 0.3) is 11.1 Å². The summed E-state index contributed by atoms with van der Waals surface area (Å²) in [5.74, 6) is 0.0382. The molecule has 6 heterocycles. The molecule has 59 heavy (non-hydrogen) atoms. The predicted octanol–water partition coefficient (Wildman–Crippen LogP) is 2.20. The molecule has 2 N–H and O–H groups in total. The van der Waals surface area contributed by atoms with Crippen LogP contribution in [-0.2, 0) is 36.1 Å². The number of aromatic nitrogens is 1. The topological polar surface area (TPSA) is 166 Å². The van der Waals surface area contributed by atoms with Crippen molar-refractivity contribution in [2.75, 3.05) is 78.5 Å². The molecule has 8 rings (SSSR count). The number of hydrogen-bond donors (Lipinski definition) is 2. The Hall–Kier alpha value is -5.74. The number of ether oxygens (including phenoxy) is 2. The van der Waals surface area contributed by atoms with Crippen molar-refractivity contribution in [2.45, 2.75) is 51.2 Å². The number of hydrogen-bond acceptors (Lipinski definition) is 11. The molecule has 0 saturated carbocycles. The number of pyridine rings is 1. The van der Waals surface area contributed by atoms with Gasteiger partial charge in [0.05, 0.1) is 37.5 Å². The highest BCUT2D eigenvalue weighted by Crippen LogP contribution is 2.39. The Morgan fingerprint density at radius 1 is 0.831 bits per heavy atom. The monoisotopic (exact) mass is 808 g/mol. The summed E-state index contributed by atoms with van der Waals surface area (Å²) in [7, 11) is 6.69. The zero-order valence-corrected chi connectivity index (χ0v) is 34.2. The number of amides is 6. The second-order valence-electron chi connectivity index (χ2n) is 16.2. The van der Waals surface area contributed by atoms with E-state index < -0.39 is 29.7 Å². The summed E-state index contributed by atoms with van der Waals surface area (Å²) in [6, 6.07) is 8.21. The van der Waals surface area contributed by atoms with Gasteiger partial charge in [-0.25, -0.2) is 4.79 Å². The van der Waals surface area contributed by atoms with Crippen molar-refractivity contribution < 1.29 is 33.4 Å². The van der Waals surface area contributed by atoms with Gasteiger partial charge in [-0.3, -0.25) is 44.0 Å². The Morgan fingerprint density at radius 2 is 1.56 bits per heavy atom. The van der Waals surface area contributed by atoms with E-state index in [0.29, 0.717) is 42.1 Å². The van der Waals surface area contributed by atoms with Crippen LogP contribution in [0.1, 0.15) is 63.1 Å². The lowest BCUT2D eigenvalue weighted by atomic mass is 9.91. The molecule has 6 amide bonds. The molecule has 0 aliphatic carbocycles. The predicted molar refractivity (Wildman–Crippen MR) is 219 cm³/mol. The van der Waals surface area contributed by atoms with Gasteiger partial charge in [-0.1, -0.05) is 0 Å². The fraction of sp³-hybridized carbons (Fsp3) is 0.488. The summed E-state index contributed by atoms with van der Waals surface area (Å²) in [6.07, 6.45) is 4.86. The molecular weight excluding hydrogens is 757 g/mol. The van der Waals surface area contributed by atoms with E-state index in [-0.39, 0.29) is 31.0 Å². The number of carbonyl (C=O) groups is 5. The summed E-state index contributed by atoms with van der Waals surface area (Å²) in [4.78, 5) is 86.1. The Bertz CT molecular complexity index is 2240. The molecule has 16 heteroatoms. The van der Waals surface area contributed by atoms with Crippen LogP contribution in [0.5, 0.6) is 11.5 Å². The third-order valence-electron chi connectivity index (χ3n) is 12.8. The number of methoxy groups -OCH3 is 2. The van der Waals surface area contributed by atoms with Crippen molar-refractivity contribution in [3.63, 3.8) is 0 Å². The second-order valence-corrected chi connectivity index (χ2v) is 16.2. The first-order valence-electron chi connectivity index (χ1n) is 20.5. The Balaban J connectivity index is 0.861. The van der Waals surface area contributed by atoms with Gasteiger partial charge in [0.15, 0.2) is 0 Å². The minimum Gasteiger partial charge on any atom is -0.496 e. The molecule has 0 radical (unpaired) electrons. The minimum absolute atomic E-state index is 0.0881. The number of anilines is 1. The third-order valence-corrected chi connectivity index (χ3v) is 12.8. The van der Waals surface area contributed by atoms with E-state index in [9.17, 15) is 28.8 Å². The molecule has 1 aromatic heterocycles. The first kappa shape index (κ1) is 40.1. The molecule has 16 nitrogen and oxygen atoms in total. The molecule has 3 aromatic rings. The van der Waals surface area contributed by atoms with Gasteiger partial charge in [-0.05, 0) is 86.1 Å². The molecule has 2 atom stereocenters. The first-order valence-corrected chi connectivity index (χ1v) is 20.5. The number of piperazine rings is 1. The van der Waals surface area contributed by atoms with Gasteiger partial charge in [0.2, 0.25) is 11.8 Å². The van der Waals surface area contributed by atoms with Crippen LogP contribution in [0.15, 0.2) is 41.3 Å².